The maximum atomic E-state index is 13.2. The summed E-state index contributed by atoms with van der Waals surface area (Å²) >= 11 is 0. The van der Waals surface area contributed by atoms with Crippen molar-refractivity contribution in [1.29, 1.82) is 5.41 Å². The van der Waals surface area contributed by atoms with Gasteiger partial charge in [0.1, 0.15) is 5.84 Å². The summed E-state index contributed by atoms with van der Waals surface area (Å²) in [7, 11) is 0. The molecule has 8 N–H and O–H groups in total. The van der Waals surface area contributed by atoms with Crippen molar-refractivity contribution in [3.63, 3.8) is 0 Å². The van der Waals surface area contributed by atoms with Gasteiger partial charge in [0, 0.05) is 34.6 Å². The Bertz CT molecular complexity index is 1400. The number of nitrogen functional groups attached to an aromatic ring is 1. The molecule has 0 unspecified atom stereocenters. The monoisotopic (exact) mass is 533 g/mol. The molecule has 0 aromatic heterocycles. The van der Waals surface area contributed by atoms with Crippen LogP contribution in [0, 0.1) is 12.3 Å². The smallest absolute Gasteiger partial charge is 0.341 e. The Hall–Kier alpha value is -5.06. The molecule has 11 nitrogen and oxygen atoms in total. The zero-order valence-corrected chi connectivity index (χ0v) is 21.8. The molecule has 3 aromatic carbocycles. The lowest BCUT2D eigenvalue weighted by atomic mass is 10.1. The van der Waals surface area contributed by atoms with Crippen molar-refractivity contribution in [1.82, 2.24) is 0 Å². The Morgan fingerprint density at radius 3 is 2.28 bits per heavy atom. The third kappa shape index (κ3) is 7.71. The van der Waals surface area contributed by atoms with Crippen molar-refractivity contribution in [2.24, 2.45) is 11.5 Å². The standard InChI is InChI=1S/C28H31N5O6/c1-15(2)39-23-12-18(27(31)36)11-19(25(23)38-14-24(34)35)13-32-22-9-4-16(3)10-21(22)28(37)33-20-7-5-17(6-8-20)26(29)30/h4-12,15,32H,13-14H2,1-3H3,(H3,29,30)(H2,31,36)(H,33,37)(H,34,35). The number of hydrogen-bond donors (Lipinski definition) is 6. The molecule has 0 atom stereocenters. The molecule has 0 radical (unpaired) electrons. The number of aliphatic carboxylic acids is 1. The lowest BCUT2D eigenvalue weighted by molar-refractivity contribution is -0.139. The van der Waals surface area contributed by atoms with Crippen LogP contribution in [0.5, 0.6) is 11.5 Å². The molecule has 0 aliphatic heterocycles. The third-order valence-electron chi connectivity index (χ3n) is 5.46. The summed E-state index contributed by atoms with van der Waals surface area (Å²) in [5.41, 5.74) is 14.3. The van der Waals surface area contributed by atoms with E-state index in [2.05, 4.69) is 10.6 Å². The summed E-state index contributed by atoms with van der Waals surface area (Å²) in [6.45, 7) is 4.84. The third-order valence-corrected chi connectivity index (χ3v) is 5.46. The molecule has 39 heavy (non-hydrogen) atoms. The van der Waals surface area contributed by atoms with Crippen LogP contribution in [-0.2, 0) is 11.3 Å². The minimum atomic E-state index is -1.18. The average molecular weight is 534 g/mol. The quantitative estimate of drug-likeness (QED) is 0.151. The van der Waals surface area contributed by atoms with Gasteiger partial charge in [0.05, 0.1) is 11.7 Å². The predicted octanol–water partition coefficient (Wildman–Crippen LogP) is 3.49. The largest absolute Gasteiger partial charge is 0.487 e. The molecule has 11 heteroatoms. The Morgan fingerprint density at radius 1 is 1.00 bits per heavy atom. The number of nitrogens with two attached hydrogens (primary N) is 2. The topological polar surface area (TPSA) is 190 Å². The number of carbonyl (C=O) groups is 3. The number of amidine groups is 1. The van der Waals surface area contributed by atoms with Gasteiger partial charge >= 0.3 is 5.97 Å². The molecular weight excluding hydrogens is 502 g/mol. The number of hydrogen-bond acceptors (Lipinski definition) is 7. The number of anilines is 2. The van der Waals surface area contributed by atoms with Crippen LogP contribution in [-0.4, -0.2) is 41.4 Å². The zero-order valence-electron chi connectivity index (χ0n) is 21.8. The Kier molecular flexibility index (Phi) is 9.11. The van der Waals surface area contributed by atoms with Gasteiger partial charge in [-0.15, -0.1) is 0 Å². The second-order valence-electron chi connectivity index (χ2n) is 9.02. The number of amides is 2. The fourth-order valence-corrected chi connectivity index (χ4v) is 3.69. The average Bonchev–Trinajstić information content (AvgIpc) is 2.86. The van der Waals surface area contributed by atoms with E-state index in [1.165, 1.54) is 12.1 Å². The van der Waals surface area contributed by atoms with Crippen LogP contribution >= 0.6 is 0 Å². The van der Waals surface area contributed by atoms with E-state index < -0.39 is 18.5 Å². The second-order valence-corrected chi connectivity index (χ2v) is 9.02. The zero-order chi connectivity index (χ0) is 28.7. The number of ether oxygens (including phenoxy) is 2. The Labute approximate surface area is 225 Å². The highest BCUT2D eigenvalue weighted by Gasteiger charge is 2.20. The van der Waals surface area contributed by atoms with E-state index in [1.807, 2.05) is 13.0 Å². The van der Waals surface area contributed by atoms with E-state index in [0.29, 0.717) is 28.1 Å². The first-order chi connectivity index (χ1) is 18.4. The highest BCUT2D eigenvalue weighted by atomic mass is 16.5. The van der Waals surface area contributed by atoms with E-state index in [1.54, 1.807) is 50.2 Å². The fourth-order valence-electron chi connectivity index (χ4n) is 3.69. The van der Waals surface area contributed by atoms with Gasteiger partial charge in [-0.3, -0.25) is 15.0 Å². The molecule has 0 saturated carbocycles. The van der Waals surface area contributed by atoms with Gasteiger partial charge in [0.15, 0.2) is 18.1 Å². The molecule has 0 aliphatic carbocycles. The van der Waals surface area contributed by atoms with Crippen LogP contribution in [0.1, 0.15) is 51.3 Å². The van der Waals surface area contributed by atoms with Crippen LogP contribution < -0.4 is 31.6 Å². The lowest BCUT2D eigenvalue weighted by Crippen LogP contribution is -2.18. The highest BCUT2D eigenvalue weighted by molar-refractivity contribution is 6.08. The molecule has 0 aliphatic rings. The van der Waals surface area contributed by atoms with Crippen molar-refractivity contribution >= 4 is 35.0 Å². The molecule has 204 valence electrons. The van der Waals surface area contributed by atoms with Crippen LogP contribution in [0.4, 0.5) is 11.4 Å². The first-order valence-electron chi connectivity index (χ1n) is 12.0. The number of carboxylic acids is 1. The van der Waals surface area contributed by atoms with Crippen molar-refractivity contribution in [3.05, 3.63) is 82.4 Å². The van der Waals surface area contributed by atoms with Gasteiger partial charge in [-0.1, -0.05) is 11.6 Å². The Morgan fingerprint density at radius 2 is 1.69 bits per heavy atom. The number of carboxylic acid groups (broad SMARTS) is 1. The molecule has 0 fully saturated rings. The van der Waals surface area contributed by atoms with Gasteiger partial charge in [-0.2, -0.15) is 0 Å². The maximum absolute atomic E-state index is 13.2. The van der Waals surface area contributed by atoms with Crippen molar-refractivity contribution in [3.8, 4) is 11.5 Å². The molecule has 2 amide bonds. The van der Waals surface area contributed by atoms with E-state index in [4.69, 9.17) is 31.5 Å². The SMILES string of the molecule is Cc1ccc(NCc2cc(C(N)=O)cc(OC(C)C)c2OCC(=O)O)c(C(=O)Nc2ccc(C(=N)N)cc2)c1. The minimum Gasteiger partial charge on any atom is -0.487 e. The van der Waals surface area contributed by atoms with Crippen molar-refractivity contribution < 1.29 is 29.0 Å². The molecule has 0 saturated heterocycles. The van der Waals surface area contributed by atoms with Crippen LogP contribution in [0.2, 0.25) is 0 Å². The summed E-state index contributed by atoms with van der Waals surface area (Å²) in [6.07, 6.45) is -0.293. The summed E-state index contributed by atoms with van der Waals surface area (Å²) in [4.78, 5) is 36.4. The fraction of sp³-hybridized carbons (Fsp3) is 0.214. The van der Waals surface area contributed by atoms with E-state index in [0.717, 1.165) is 5.56 Å². The van der Waals surface area contributed by atoms with E-state index in [-0.39, 0.29) is 41.5 Å². The molecule has 3 rings (SSSR count). The number of primary amides is 1. The van der Waals surface area contributed by atoms with Crippen molar-refractivity contribution in [2.75, 3.05) is 17.2 Å². The lowest BCUT2D eigenvalue weighted by Gasteiger charge is -2.20. The highest BCUT2D eigenvalue weighted by Crippen LogP contribution is 2.35. The van der Waals surface area contributed by atoms with Gasteiger partial charge in [0.25, 0.3) is 5.91 Å². The van der Waals surface area contributed by atoms with Gasteiger partial charge < -0.3 is 36.7 Å². The normalized spacial score (nSPS) is 10.6. The number of nitrogens with one attached hydrogen (secondary N) is 3. The molecule has 3 aromatic rings. The molecule has 0 spiro atoms. The van der Waals surface area contributed by atoms with E-state index in [9.17, 15) is 14.4 Å². The summed E-state index contributed by atoms with van der Waals surface area (Å²) in [5.74, 6) is -2.01. The van der Waals surface area contributed by atoms with Crippen LogP contribution in [0.3, 0.4) is 0 Å². The van der Waals surface area contributed by atoms with Gasteiger partial charge in [-0.25, -0.2) is 4.79 Å². The first kappa shape index (κ1) is 28.5. The molecule has 0 heterocycles. The number of carbonyl (C=O) groups excluding carboxylic acids is 2. The summed E-state index contributed by atoms with van der Waals surface area (Å²) in [6, 6.07) is 14.7. The number of aryl methyl sites for hydroxylation is 1. The van der Waals surface area contributed by atoms with Gasteiger partial charge in [-0.05, 0) is 69.3 Å². The van der Waals surface area contributed by atoms with Crippen molar-refractivity contribution in [2.45, 2.75) is 33.4 Å². The van der Waals surface area contributed by atoms with E-state index >= 15 is 0 Å². The minimum absolute atomic E-state index is 0.0567. The number of benzene rings is 3. The first-order valence-corrected chi connectivity index (χ1v) is 12.0. The predicted molar refractivity (Wildman–Crippen MR) is 148 cm³/mol. The van der Waals surface area contributed by atoms with Crippen LogP contribution in [0.25, 0.3) is 0 Å². The summed E-state index contributed by atoms with van der Waals surface area (Å²) < 4.78 is 11.3. The Balaban J connectivity index is 1.93. The summed E-state index contributed by atoms with van der Waals surface area (Å²) in [5, 5.41) is 22.7. The van der Waals surface area contributed by atoms with Crippen LogP contribution in [0.15, 0.2) is 54.6 Å². The number of rotatable bonds is 12. The second kappa shape index (κ2) is 12.5. The molecular formula is C28H31N5O6. The van der Waals surface area contributed by atoms with Gasteiger partial charge in [0.2, 0.25) is 5.91 Å². The maximum Gasteiger partial charge on any atom is 0.341 e. The molecule has 0 bridgehead atoms.